The smallest absolute Gasteiger partial charge is 0.0795 e. The van der Waals surface area contributed by atoms with Crippen LogP contribution >= 0.6 is 11.3 Å². The Hall–Kier alpha value is -0.450. The first-order chi connectivity index (χ1) is 7.84. The summed E-state index contributed by atoms with van der Waals surface area (Å²) in [5, 5.41) is 5.59. The lowest BCUT2D eigenvalue weighted by molar-refractivity contribution is 0.211. The lowest BCUT2D eigenvalue weighted by Crippen LogP contribution is -2.31. The highest BCUT2D eigenvalue weighted by molar-refractivity contribution is 7.07. The van der Waals surface area contributed by atoms with Crippen LogP contribution in [0.25, 0.3) is 0 Å². The molecule has 0 aromatic carbocycles. The Morgan fingerprint density at radius 1 is 1.50 bits per heavy atom. The summed E-state index contributed by atoms with van der Waals surface area (Å²) < 4.78 is 0. The van der Waals surface area contributed by atoms with Crippen molar-refractivity contribution in [2.24, 2.45) is 5.92 Å². The minimum Gasteiger partial charge on any atom is -0.311 e. The molecule has 0 radical (unpaired) electrons. The van der Waals surface area contributed by atoms with Gasteiger partial charge in [-0.15, -0.1) is 11.3 Å². The molecule has 0 saturated carbocycles. The van der Waals surface area contributed by atoms with E-state index in [0.717, 1.165) is 19.0 Å². The summed E-state index contributed by atoms with van der Waals surface area (Å²) in [5.74, 6) is 0.930. The van der Waals surface area contributed by atoms with Crippen LogP contribution in [0.1, 0.15) is 25.0 Å². The van der Waals surface area contributed by atoms with Crippen LogP contribution in [0, 0.1) is 5.92 Å². The Morgan fingerprint density at radius 3 is 3.00 bits per heavy atom. The van der Waals surface area contributed by atoms with Crippen LogP contribution in [-0.4, -0.2) is 36.6 Å². The van der Waals surface area contributed by atoms with Gasteiger partial charge in [-0.05, 0) is 51.9 Å². The van der Waals surface area contributed by atoms with Crippen molar-refractivity contribution in [1.82, 2.24) is 15.2 Å². The number of nitrogens with one attached hydrogen (secondary N) is 1. The van der Waals surface area contributed by atoms with Crippen LogP contribution in [0.3, 0.4) is 0 Å². The number of nitrogens with zero attached hydrogens (tertiary/aromatic N) is 2. The number of piperidine rings is 1. The topological polar surface area (TPSA) is 28.2 Å². The Morgan fingerprint density at radius 2 is 2.31 bits per heavy atom. The standard InChI is InChI=1S/C12H21N3S/c1-15-6-3-11(4-7-15)2-5-13-8-12-9-16-10-14-12/h9-11,13H,2-8H2,1H3. The largest absolute Gasteiger partial charge is 0.311 e. The second kappa shape index (κ2) is 6.33. The van der Waals surface area contributed by atoms with Gasteiger partial charge in [0.2, 0.25) is 0 Å². The molecule has 1 aromatic heterocycles. The highest BCUT2D eigenvalue weighted by Crippen LogP contribution is 2.18. The zero-order valence-corrected chi connectivity index (χ0v) is 10.8. The molecule has 90 valence electrons. The van der Waals surface area contributed by atoms with Crippen LogP contribution in [-0.2, 0) is 6.54 Å². The van der Waals surface area contributed by atoms with E-state index in [0.29, 0.717) is 0 Å². The van der Waals surface area contributed by atoms with Gasteiger partial charge < -0.3 is 10.2 Å². The predicted molar refractivity (Wildman–Crippen MR) is 68.7 cm³/mol. The molecule has 0 bridgehead atoms. The number of hydrogen-bond donors (Lipinski definition) is 1. The van der Waals surface area contributed by atoms with Crippen molar-refractivity contribution in [1.29, 1.82) is 0 Å². The molecule has 0 amide bonds. The number of likely N-dealkylation sites (tertiary alicyclic amines) is 1. The normalized spacial score (nSPS) is 19.1. The van der Waals surface area contributed by atoms with Gasteiger partial charge in [-0.1, -0.05) is 0 Å². The molecule has 1 saturated heterocycles. The zero-order chi connectivity index (χ0) is 11.2. The van der Waals surface area contributed by atoms with Crippen molar-refractivity contribution >= 4 is 11.3 Å². The third-order valence-corrected chi connectivity index (χ3v) is 3.99. The van der Waals surface area contributed by atoms with Gasteiger partial charge in [0.15, 0.2) is 0 Å². The summed E-state index contributed by atoms with van der Waals surface area (Å²) in [7, 11) is 2.22. The highest BCUT2D eigenvalue weighted by Gasteiger charge is 2.15. The number of hydrogen-bond acceptors (Lipinski definition) is 4. The van der Waals surface area contributed by atoms with Crippen LogP contribution in [0.5, 0.6) is 0 Å². The van der Waals surface area contributed by atoms with Crippen LogP contribution in [0.2, 0.25) is 0 Å². The van der Waals surface area contributed by atoms with Crippen molar-refractivity contribution in [2.45, 2.75) is 25.8 Å². The van der Waals surface area contributed by atoms with Crippen LogP contribution < -0.4 is 5.32 Å². The van der Waals surface area contributed by atoms with Crippen molar-refractivity contribution < 1.29 is 0 Å². The molecule has 1 aromatic rings. The molecular weight excluding hydrogens is 218 g/mol. The molecule has 0 unspecified atom stereocenters. The Labute approximate surface area is 102 Å². The van der Waals surface area contributed by atoms with Gasteiger partial charge in [0.25, 0.3) is 0 Å². The minimum absolute atomic E-state index is 0.927. The van der Waals surface area contributed by atoms with E-state index in [1.54, 1.807) is 11.3 Å². The highest BCUT2D eigenvalue weighted by atomic mass is 32.1. The number of rotatable bonds is 5. The van der Waals surface area contributed by atoms with Crippen LogP contribution in [0.4, 0.5) is 0 Å². The maximum atomic E-state index is 4.26. The summed E-state index contributed by atoms with van der Waals surface area (Å²) >= 11 is 1.67. The summed E-state index contributed by atoms with van der Waals surface area (Å²) in [4.78, 5) is 6.69. The van der Waals surface area contributed by atoms with Gasteiger partial charge in [-0.3, -0.25) is 0 Å². The molecule has 2 rings (SSSR count). The van der Waals surface area contributed by atoms with Gasteiger partial charge in [-0.2, -0.15) is 0 Å². The fourth-order valence-corrected chi connectivity index (χ4v) is 2.76. The molecule has 3 nitrogen and oxygen atoms in total. The van der Waals surface area contributed by atoms with E-state index in [4.69, 9.17) is 0 Å². The Bertz CT molecular complexity index is 278. The quantitative estimate of drug-likeness (QED) is 0.796. The first-order valence-corrected chi connectivity index (χ1v) is 7.05. The van der Waals surface area contributed by atoms with Gasteiger partial charge >= 0.3 is 0 Å². The SMILES string of the molecule is CN1CCC(CCNCc2cscn2)CC1. The van der Waals surface area contributed by atoms with Crippen LogP contribution in [0.15, 0.2) is 10.9 Å². The van der Waals surface area contributed by atoms with Crippen molar-refractivity contribution in [2.75, 3.05) is 26.7 Å². The summed E-state index contributed by atoms with van der Waals surface area (Å²) in [5.41, 5.74) is 3.07. The summed E-state index contributed by atoms with van der Waals surface area (Å²) in [6, 6.07) is 0. The zero-order valence-electron chi connectivity index (χ0n) is 9.98. The fourth-order valence-electron chi connectivity index (χ4n) is 2.20. The fraction of sp³-hybridized carbons (Fsp3) is 0.750. The second-order valence-corrected chi connectivity index (χ2v) is 5.41. The molecule has 0 aliphatic carbocycles. The summed E-state index contributed by atoms with van der Waals surface area (Å²) in [6.45, 7) is 4.61. The number of thiazole rings is 1. The average Bonchev–Trinajstić information content (AvgIpc) is 2.80. The molecule has 2 heterocycles. The van der Waals surface area contributed by atoms with E-state index in [1.807, 2.05) is 5.51 Å². The molecule has 16 heavy (non-hydrogen) atoms. The molecule has 0 spiro atoms. The summed E-state index contributed by atoms with van der Waals surface area (Å²) in [6.07, 6.45) is 4.06. The van der Waals surface area contributed by atoms with E-state index in [9.17, 15) is 0 Å². The first-order valence-electron chi connectivity index (χ1n) is 6.11. The molecular formula is C12H21N3S. The van der Waals surface area contributed by atoms with E-state index < -0.39 is 0 Å². The molecule has 4 heteroatoms. The Kier molecular flexibility index (Phi) is 4.75. The van der Waals surface area contributed by atoms with E-state index >= 15 is 0 Å². The van der Waals surface area contributed by atoms with E-state index in [2.05, 4.69) is 27.6 Å². The average molecular weight is 239 g/mol. The Balaban J connectivity index is 1.55. The van der Waals surface area contributed by atoms with Gasteiger partial charge in [0, 0.05) is 11.9 Å². The molecule has 1 fully saturated rings. The maximum Gasteiger partial charge on any atom is 0.0795 e. The minimum atomic E-state index is 0.927. The first kappa shape index (κ1) is 12.0. The maximum absolute atomic E-state index is 4.26. The molecule has 1 aliphatic heterocycles. The lowest BCUT2D eigenvalue weighted by Gasteiger charge is -2.28. The lowest BCUT2D eigenvalue weighted by atomic mass is 9.94. The van der Waals surface area contributed by atoms with Gasteiger partial charge in [-0.25, -0.2) is 4.98 Å². The molecule has 1 aliphatic rings. The van der Waals surface area contributed by atoms with Gasteiger partial charge in [0.1, 0.15) is 0 Å². The van der Waals surface area contributed by atoms with Gasteiger partial charge in [0.05, 0.1) is 11.2 Å². The van der Waals surface area contributed by atoms with Crippen molar-refractivity contribution in [3.8, 4) is 0 Å². The van der Waals surface area contributed by atoms with Crippen molar-refractivity contribution in [3.63, 3.8) is 0 Å². The van der Waals surface area contributed by atoms with Crippen molar-refractivity contribution in [3.05, 3.63) is 16.6 Å². The molecule has 1 N–H and O–H groups in total. The third kappa shape index (κ3) is 3.85. The monoisotopic (exact) mass is 239 g/mol. The predicted octanol–water partition coefficient (Wildman–Crippen LogP) is 1.96. The second-order valence-electron chi connectivity index (χ2n) is 4.69. The molecule has 0 atom stereocenters. The van der Waals surface area contributed by atoms with E-state index in [1.165, 1.54) is 38.0 Å². The number of aromatic nitrogens is 1. The third-order valence-electron chi connectivity index (χ3n) is 3.36. The van der Waals surface area contributed by atoms with E-state index in [-0.39, 0.29) is 0 Å².